The van der Waals surface area contributed by atoms with E-state index in [9.17, 15) is 0 Å². The molecule has 0 aromatic heterocycles. The molecule has 0 aliphatic carbocycles. The summed E-state index contributed by atoms with van der Waals surface area (Å²) in [5.41, 5.74) is 13.6. The summed E-state index contributed by atoms with van der Waals surface area (Å²) < 4.78 is 0. The third-order valence-corrected chi connectivity index (χ3v) is 3.40. The van der Waals surface area contributed by atoms with Crippen LogP contribution in [0.2, 0.25) is 0 Å². The van der Waals surface area contributed by atoms with Crippen molar-refractivity contribution >= 4 is 5.69 Å². The zero-order valence-electron chi connectivity index (χ0n) is 9.73. The Morgan fingerprint density at radius 1 is 1.25 bits per heavy atom. The van der Waals surface area contributed by atoms with Gasteiger partial charge in [0.2, 0.25) is 0 Å². The lowest BCUT2D eigenvalue weighted by Gasteiger charge is -2.31. The maximum Gasteiger partial charge on any atom is 0.0317 e. The van der Waals surface area contributed by atoms with E-state index >= 15 is 0 Å². The lowest BCUT2D eigenvalue weighted by molar-refractivity contribution is 0.180. The summed E-state index contributed by atoms with van der Waals surface area (Å²) in [5.74, 6) is 0.733. The van der Waals surface area contributed by atoms with E-state index in [0.717, 1.165) is 37.8 Å². The Hall–Kier alpha value is -1.06. The summed E-state index contributed by atoms with van der Waals surface area (Å²) >= 11 is 0. The highest BCUT2D eigenvalue weighted by Gasteiger charge is 2.17. The molecule has 0 saturated carbocycles. The molecule has 1 aliphatic heterocycles. The normalized spacial score (nSPS) is 18.8. The van der Waals surface area contributed by atoms with Crippen LogP contribution in [0.1, 0.15) is 18.4 Å². The van der Waals surface area contributed by atoms with Crippen LogP contribution in [0.4, 0.5) is 5.69 Å². The minimum atomic E-state index is 0.733. The third-order valence-electron chi connectivity index (χ3n) is 3.40. The van der Waals surface area contributed by atoms with Crippen molar-refractivity contribution in [3.63, 3.8) is 0 Å². The van der Waals surface area contributed by atoms with Crippen molar-refractivity contribution in [3.05, 3.63) is 29.8 Å². The van der Waals surface area contributed by atoms with E-state index in [1.165, 1.54) is 18.4 Å². The fraction of sp³-hybridized carbons (Fsp3) is 0.538. The minimum Gasteiger partial charge on any atom is -0.399 e. The summed E-state index contributed by atoms with van der Waals surface area (Å²) in [6.07, 6.45) is 2.47. The van der Waals surface area contributed by atoms with Crippen LogP contribution in [0, 0.1) is 5.92 Å². The molecule has 0 amide bonds. The molecule has 1 saturated heterocycles. The lowest BCUT2D eigenvalue weighted by atomic mass is 9.97. The summed E-state index contributed by atoms with van der Waals surface area (Å²) in [5, 5.41) is 0. The molecule has 4 N–H and O–H groups in total. The van der Waals surface area contributed by atoms with Crippen molar-refractivity contribution in [2.24, 2.45) is 11.7 Å². The van der Waals surface area contributed by atoms with E-state index in [1.807, 2.05) is 12.1 Å². The largest absolute Gasteiger partial charge is 0.399 e. The number of piperidine rings is 1. The molecule has 1 heterocycles. The zero-order chi connectivity index (χ0) is 11.4. The van der Waals surface area contributed by atoms with Crippen LogP contribution in [-0.4, -0.2) is 24.5 Å². The van der Waals surface area contributed by atoms with Crippen molar-refractivity contribution < 1.29 is 0 Å². The van der Waals surface area contributed by atoms with Gasteiger partial charge in [-0.1, -0.05) is 12.1 Å². The van der Waals surface area contributed by atoms with Crippen molar-refractivity contribution in [2.75, 3.05) is 25.4 Å². The smallest absolute Gasteiger partial charge is 0.0317 e. The van der Waals surface area contributed by atoms with Crippen LogP contribution in [0.25, 0.3) is 0 Å². The van der Waals surface area contributed by atoms with Crippen LogP contribution < -0.4 is 11.5 Å². The zero-order valence-corrected chi connectivity index (χ0v) is 9.73. The van der Waals surface area contributed by atoms with Gasteiger partial charge in [0.1, 0.15) is 0 Å². The van der Waals surface area contributed by atoms with Gasteiger partial charge < -0.3 is 11.5 Å². The summed E-state index contributed by atoms with van der Waals surface area (Å²) in [6.45, 7) is 4.18. The molecule has 88 valence electrons. The van der Waals surface area contributed by atoms with Crippen LogP contribution in [0.15, 0.2) is 24.3 Å². The molecule has 0 unspecified atom stereocenters. The van der Waals surface area contributed by atoms with E-state index in [-0.39, 0.29) is 0 Å². The van der Waals surface area contributed by atoms with Gasteiger partial charge >= 0.3 is 0 Å². The molecule has 0 atom stereocenters. The number of nitrogen functional groups attached to an aromatic ring is 1. The first-order valence-electron chi connectivity index (χ1n) is 6.05. The average Bonchev–Trinajstić information content (AvgIpc) is 2.30. The fourth-order valence-electron chi connectivity index (χ4n) is 2.33. The topological polar surface area (TPSA) is 55.3 Å². The monoisotopic (exact) mass is 219 g/mol. The van der Waals surface area contributed by atoms with E-state index in [4.69, 9.17) is 11.5 Å². The van der Waals surface area contributed by atoms with Gasteiger partial charge in [-0.2, -0.15) is 0 Å². The molecule has 0 spiro atoms. The number of benzene rings is 1. The number of anilines is 1. The van der Waals surface area contributed by atoms with Gasteiger partial charge in [-0.25, -0.2) is 0 Å². The number of likely N-dealkylation sites (tertiary alicyclic amines) is 1. The first kappa shape index (κ1) is 11.4. The molecule has 1 aromatic rings. The number of hydrogen-bond acceptors (Lipinski definition) is 3. The van der Waals surface area contributed by atoms with Gasteiger partial charge in [0.05, 0.1) is 0 Å². The van der Waals surface area contributed by atoms with Crippen molar-refractivity contribution in [3.8, 4) is 0 Å². The second-order valence-electron chi connectivity index (χ2n) is 4.70. The molecule has 0 bridgehead atoms. The number of rotatable bonds is 3. The Labute approximate surface area is 97.4 Å². The molecule has 1 fully saturated rings. The fourth-order valence-corrected chi connectivity index (χ4v) is 2.33. The summed E-state index contributed by atoms with van der Waals surface area (Å²) in [7, 11) is 0. The lowest BCUT2D eigenvalue weighted by Crippen LogP contribution is -2.35. The SMILES string of the molecule is NCC1CCN(Cc2cccc(N)c2)CC1. The van der Waals surface area contributed by atoms with E-state index in [2.05, 4.69) is 17.0 Å². The highest BCUT2D eigenvalue weighted by molar-refractivity contribution is 5.40. The Morgan fingerprint density at radius 3 is 2.62 bits per heavy atom. The predicted octanol–water partition coefficient (Wildman–Crippen LogP) is 1.44. The van der Waals surface area contributed by atoms with E-state index < -0.39 is 0 Å². The highest BCUT2D eigenvalue weighted by atomic mass is 15.1. The second kappa shape index (κ2) is 5.32. The van der Waals surface area contributed by atoms with E-state index in [1.54, 1.807) is 0 Å². The summed E-state index contributed by atoms with van der Waals surface area (Å²) in [4.78, 5) is 2.49. The minimum absolute atomic E-state index is 0.733. The molecule has 16 heavy (non-hydrogen) atoms. The predicted molar refractivity (Wildman–Crippen MR) is 67.9 cm³/mol. The van der Waals surface area contributed by atoms with Crippen LogP contribution >= 0.6 is 0 Å². The van der Waals surface area contributed by atoms with Gasteiger partial charge in [-0.05, 0) is 56.1 Å². The van der Waals surface area contributed by atoms with Crippen molar-refractivity contribution in [1.82, 2.24) is 4.90 Å². The van der Waals surface area contributed by atoms with Crippen molar-refractivity contribution in [2.45, 2.75) is 19.4 Å². The third kappa shape index (κ3) is 2.97. The molecular formula is C13H21N3. The van der Waals surface area contributed by atoms with Crippen LogP contribution in [0.5, 0.6) is 0 Å². The Morgan fingerprint density at radius 2 is 2.00 bits per heavy atom. The highest BCUT2D eigenvalue weighted by Crippen LogP contribution is 2.18. The first-order valence-corrected chi connectivity index (χ1v) is 6.05. The summed E-state index contributed by atoms with van der Waals surface area (Å²) in [6, 6.07) is 8.17. The molecule has 3 heteroatoms. The molecule has 0 radical (unpaired) electrons. The maximum absolute atomic E-state index is 5.77. The quantitative estimate of drug-likeness (QED) is 0.756. The number of nitrogens with two attached hydrogens (primary N) is 2. The molecule has 1 aromatic carbocycles. The molecular weight excluding hydrogens is 198 g/mol. The van der Waals surface area contributed by atoms with Gasteiger partial charge in [0.25, 0.3) is 0 Å². The van der Waals surface area contributed by atoms with Gasteiger partial charge in [-0.3, -0.25) is 4.90 Å². The maximum atomic E-state index is 5.77. The standard InChI is InChI=1S/C13H21N3/c14-9-11-4-6-16(7-5-11)10-12-2-1-3-13(15)8-12/h1-3,8,11H,4-7,9-10,14-15H2. The Bertz CT molecular complexity index is 330. The Balaban J connectivity index is 1.87. The van der Waals surface area contributed by atoms with Crippen molar-refractivity contribution in [1.29, 1.82) is 0 Å². The van der Waals surface area contributed by atoms with Gasteiger partial charge in [0, 0.05) is 12.2 Å². The average molecular weight is 219 g/mol. The van der Waals surface area contributed by atoms with Gasteiger partial charge in [-0.15, -0.1) is 0 Å². The molecule has 1 aliphatic rings. The van der Waals surface area contributed by atoms with E-state index in [0.29, 0.717) is 0 Å². The van der Waals surface area contributed by atoms with Crippen LogP contribution in [0.3, 0.4) is 0 Å². The molecule has 3 nitrogen and oxygen atoms in total. The number of hydrogen-bond donors (Lipinski definition) is 2. The van der Waals surface area contributed by atoms with Gasteiger partial charge in [0.15, 0.2) is 0 Å². The second-order valence-corrected chi connectivity index (χ2v) is 4.70. The molecule has 2 rings (SSSR count). The Kier molecular flexibility index (Phi) is 3.80. The van der Waals surface area contributed by atoms with Crippen LogP contribution in [-0.2, 0) is 6.54 Å². The first-order chi connectivity index (χ1) is 7.78. The number of nitrogens with zero attached hydrogens (tertiary/aromatic N) is 1.